The van der Waals surface area contributed by atoms with Crippen molar-refractivity contribution in [1.82, 2.24) is 0 Å². The maximum Gasteiger partial charge on any atom is 0.337 e. The van der Waals surface area contributed by atoms with Crippen molar-refractivity contribution in [3.63, 3.8) is 0 Å². The predicted molar refractivity (Wildman–Crippen MR) is 69.0 cm³/mol. The Labute approximate surface area is 122 Å². The standard InChI is InChI=1S/C9H5Cl5O3/c1-16-2-3(15)17-9-7(13)5(11)4(10)6(12)8(9)14/h2H2,1H3. The van der Waals surface area contributed by atoms with E-state index in [1.807, 2.05) is 0 Å². The van der Waals surface area contributed by atoms with Crippen LogP contribution in [0.1, 0.15) is 0 Å². The van der Waals surface area contributed by atoms with Crippen LogP contribution < -0.4 is 4.74 Å². The highest BCUT2D eigenvalue weighted by atomic mass is 35.5. The topological polar surface area (TPSA) is 35.5 Å². The lowest BCUT2D eigenvalue weighted by Gasteiger charge is -2.11. The van der Waals surface area contributed by atoms with E-state index >= 15 is 0 Å². The van der Waals surface area contributed by atoms with E-state index in [1.54, 1.807) is 0 Å². The van der Waals surface area contributed by atoms with E-state index in [9.17, 15) is 4.79 Å². The summed E-state index contributed by atoms with van der Waals surface area (Å²) >= 11 is 29.0. The maximum absolute atomic E-state index is 11.2. The molecular weight excluding hydrogens is 333 g/mol. The van der Waals surface area contributed by atoms with Gasteiger partial charge >= 0.3 is 5.97 Å². The average molecular weight is 338 g/mol. The molecule has 17 heavy (non-hydrogen) atoms. The Morgan fingerprint density at radius 3 is 1.76 bits per heavy atom. The van der Waals surface area contributed by atoms with Crippen LogP contribution in [0, 0.1) is 0 Å². The lowest BCUT2D eigenvalue weighted by atomic mass is 10.3. The Morgan fingerprint density at radius 1 is 0.941 bits per heavy atom. The molecule has 0 N–H and O–H groups in total. The van der Waals surface area contributed by atoms with E-state index in [1.165, 1.54) is 7.11 Å². The Bertz CT molecular complexity index is 431. The molecule has 1 aromatic rings. The fraction of sp³-hybridized carbons (Fsp3) is 0.222. The third-order valence-electron chi connectivity index (χ3n) is 1.65. The third-order valence-corrected chi connectivity index (χ3v) is 3.89. The summed E-state index contributed by atoms with van der Waals surface area (Å²) in [6, 6.07) is 0. The van der Waals surface area contributed by atoms with Gasteiger partial charge in [-0.3, -0.25) is 0 Å². The number of esters is 1. The number of halogens is 5. The van der Waals surface area contributed by atoms with Gasteiger partial charge in [-0.15, -0.1) is 0 Å². The smallest absolute Gasteiger partial charge is 0.337 e. The van der Waals surface area contributed by atoms with Crippen molar-refractivity contribution in [2.75, 3.05) is 13.7 Å². The van der Waals surface area contributed by atoms with Crippen LogP contribution in [0.4, 0.5) is 0 Å². The molecule has 0 saturated carbocycles. The third kappa shape index (κ3) is 3.31. The SMILES string of the molecule is COCC(=O)Oc1c(Cl)c(Cl)c(Cl)c(Cl)c1Cl. The molecule has 3 nitrogen and oxygen atoms in total. The number of hydrogen-bond acceptors (Lipinski definition) is 3. The second-order valence-electron chi connectivity index (χ2n) is 2.81. The van der Waals surface area contributed by atoms with Gasteiger partial charge in [-0.25, -0.2) is 4.79 Å². The number of carbonyl (C=O) groups excluding carboxylic acids is 1. The fourth-order valence-electron chi connectivity index (χ4n) is 0.936. The van der Waals surface area contributed by atoms with E-state index in [2.05, 4.69) is 4.74 Å². The summed E-state index contributed by atoms with van der Waals surface area (Å²) in [5, 5.41) is -0.258. The zero-order chi connectivity index (χ0) is 13.2. The van der Waals surface area contributed by atoms with Gasteiger partial charge in [0, 0.05) is 7.11 Å². The molecular formula is C9H5Cl5O3. The molecule has 0 amide bonds. The van der Waals surface area contributed by atoms with Crippen molar-refractivity contribution in [2.24, 2.45) is 0 Å². The molecule has 0 heterocycles. The minimum absolute atomic E-state index is 0.00475. The number of rotatable bonds is 3. The number of carbonyl (C=O) groups is 1. The quantitative estimate of drug-likeness (QED) is 0.352. The maximum atomic E-state index is 11.2. The highest BCUT2D eigenvalue weighted by Crippen LogP contribution is 2.48. The Balaban J connectivity index is 3.20. The van der Waals surface area contributed by atoms with Gasteiger partial charge in [-0.2, -0.15) is 0 Å². The monoisotopic (exact) mass is 336 g/mol. The van der Waals surface area contributed by atoms with Crippen LogP contribution in [0.2, 0.25) is 25.1 Å². The summed E-state index contributed by atoms with van der Waals surface area (Å²) in [5.41, 5.74) is 0. The van der Waals surface area contributed by atoms with Gasteiger partial charge in [-0.1, -0.05) is 58.0 Å². The first-order valence-corrected chi connectivity index (χ1v) is 6.00. The van der Waals surface area contributed by atoms with Crippen LogP contribution in [-0.4, -0.2) is 19.7 Å². The van der Waals surface area contributed by atoms with Crippen molar-refractivity contribution in [3.05, 3.63) is 25.1 Å². The number of benzene rings is 1. The van der Waals surface area contributed by atoms with E-state index in [0.29, 0.717) is 0 Å². The van der Waals surface area contributed by atoms with E-state index in [-0.39, 0.29) is 37.5 Å². The van der Waals surface area contributed by atoms with Gasteiger partial charge in [0.15, 0.2) is 5.75 Å². The molecule has 1 aromatic carbocycles. The summed E-state index contributed by atoms with van der Waals surface area (Å²) in [5.74, 6) is -0.833. The highest BCUT2D eigenvalue weighted by molar-refractivity contribution is 6.55. The zero-order valence-electron chi connectivity index (χ0n) is 8.32. The molecule has 0 atom stereocenters. The van der Waals surface area contributed by atoms with E-state index < -0.39 is 5.97 Å². The first kappa shape index (κ1) is 15.2. The summed E-state index contributed by atoms with van der Waals surface area (Å²) in [4.78, 5) is 11.2. The van der Waals surface area contributed by atoms with Gasteiger partial charge < -0.3 is 9.47 Å². The van der Waals surface area contributed by atoms with Crippen LogP contribution in [-0.2, 0) is 9.53 Å². The van der Waals surface area contributed by atoms with Crippen LogP contribution in [0.3, 0.4) is 0 Å². The largest absolute Gasteiger partial charge is 0.422 e. The number of methoxy groups -OCH3 is 1. The number of ether oxygens (including phenoxy) is 2. The molecule has 0 aliphatic carbocycles. The van der Waals surface area contributed by atoms with Gasteiger partial charge in [0.05, 0.1) is 15.1 Å². The molecule has 8 heteroatoms. The van der Waals surface area contributed by atoms with Crippen LogP contribution in [0.25, 0.3) is 0 Å². The Morgan fingerprint density at radius 2 is 1.35 bits per heavy atom. The first-order valence-electron chi connectivity index (χ1n) is 4.11. The van der Waals surface area contributed by atoms with Crippen LogP contribution >= 0.6 is 58.0 Å². The Hall–Kier alpha value is 0.1000. The van der Waals surface area contributed by atoms with Gasteiger partial charge in [-0.05, 0) is 0 Å². The molecule has 0 unspecified atom stereocenters. The highest BCUT2D eigenvalue weighted by Gasteiger charge is 2.22. The van der Waals surface area contributed by atoms with E-state index in [4.69, 9.17) is 62.7 Å². The van der Waals surface area contributed by atoms with E-state index in [0.717, 1.165) is 0 Å². The van der Waals surface area contributed by atoms with Crippen molar-refractivity contribution < 1.29 is 14.3 Å². The first-order chi connectivity index (χ1) is 7.90. The molecule has 0 aliphatic rings. The summed E-state index contributed by atoms with van der Waals surface area (Å²) in [6.07, 6.45) is 0. The summed E-state index contributed by atoms with van der Waals surface area (Å²) in [7, 11) is 1.34. The van der Waals surface area contributed by atoms with Gasteiger partial charge in [0.1, 0.15) is 16.7 Å². The minimum atomic E-state index is -0.689. The predicted octanol–water partition coefficient (Wildman–Crippen LogP) is 4.51. The van der Waals surface area contributed by atoms with Crippen molar-refractivity contribution in [2.45, 2.75) is 0 Å². The summed E-state index contributed by atoms with van der Waals surface area (Å²) < 4.78 is 9.46. The molecule has 0 bridgehead atoms. The van der Waals surface area contributed by atoms with Crippen molar-refractivity contribution in [3.8, 4) is 5.75 Å². The molecule has 0 aromatic heterocycles. The fourth-order valence-corrected chi connectivity index (χ4v) is 2.13. The molecule has 0 spiro atoms. The van der Waals surface area contributed by atoms with Crippen LogP contribution in [0.5, 0.6) is 5.75 Å². The molecule has 94 valence electrons. The van der Waals surface area contributed by atoms with Crippen molar-refractivity contribution >= 4 is 64.0 Å². The zero-order valence-corrected chi connectivity index (χ0v) is 12.1. The molecule has 0 radical (unpaired) electrons. The average Bonchev–Trinajstić information content (AvgIpc) is 2.30. The van der Waals surface area contributed by atoms with Crippen molar-refractivity contribution in [1.29, 1.82) is 0 Å². The lowest BCUT2D eigenvalue weighted by molar-refractivity contribution is -0.138. The second kappa shape index (κ2) is 6.32. The normalized spacial score (nSPS) is 10.5. The van der Waals surface area contributed by atoms with Gasteiger partial charge in [0.25, 0.3) is 0 Å². The molecule has 0 aliphatic heterocycles. The summed E-state index contributed by atoms with van der Waals surface area (Å²) in [6.45, 7) is -0.259. The van der Waals surface area contributed by atoms with Crippen LogP contribution in [0.15, 0.2) is 0 Å². The molecule has 0 saturated heterocycles. The van der Waals surface area contributed by atoms with Gasteiger partial charge in [0.2, 0.25) is 0 Å². The number of hydrogen-bond donors (Lipinski definition) is 0. The minimum Gasteiger partial charge on any atom is -0.422 e. The molecule has 1 rings (SSSR count). The second-order valence-corrected chi connectivity index (χ2v) is 4.70. The Kier molecular flexibility index (Phi) is 5.64. The lowest BCUT2D eigenvalue weighted by Crippen LogP contribution is -2.14. The molecule has 0 fully saturated rings.